The lowest BCUT2D eigenvalue weighted by molar-refractivity contribution is -0.141. The monoisotopic (exact) mass is 197 g/mol. The molecule has 78 valence electrons. The van der Waals surface area contributed by atoms with Gasteiger partial charge in [-0.2, -0.15) is 5.10 Å². The minimum Gasteiger partial charge on any atom is -0.481 e. The van der Waals surface area contributed by atoms with Gasteiger partial charge in [0.1, 0.15) is 0 Å². The fraction of sp³-hybridized carbons (Fsp3) is 0.556. The molecule has 0 saturated heterocycles. The Labute approximate surface area is 82.5 Å². The largest absolute Gasteiger partial charge is 0.481 e. The lowest BCUT2D eigenvalue weighted by Gasteiger charge is -2.08. The smallest absolute Gasteiger partial charge is 0.308 e. The molecule has 0 bridgehead atoms. The summed E-state index contributed by atoms with van der Waals surface area (Å²) in [5.74, 6) is -1.38. The van der Waals surface area contributed by atoms with Gasteiger partial charge in [-0.15, -0.1) is 0 Å². The zero-order valence-corrected chi connectivity index (χ0v) is 8.40. The summed E-state index contributed by atoms with van der Waals surface area (Å²) in [5.41, 5.74) is 7.16. The molecule has 0 spiro atoms. The minimum atomic E-state index is -0.855. The highest BCUT2D eigenvalue weighted by atomic mass is 16.4. The fourth-order valence-corrected chi connectivity index (χ4v) is 1.38. The third-order valence-corrected chi connectivity index (χ3v) is 2.19. The summed E-state index contributed by atoms with van der Waals surface area (Å²) in [6.45, 7) is 2.03. The van der Waals surface area contributed by atoms with Gasteiger partial charge >= 0.3 is 5.97 Å². The normalized spacial score (nSPS) is 12.8. The van der Waals surface area contributed by atoms with Crippen LogP contribution < -0.4 is 5.73 Å². The molecule has 1 rings (SSSR count). The molecule has 1 heterocycles. The predicted octanol–water partition coefficient (Wildman–Crippen LogP) is -0.0695. The van der Waals surface area contributed by atoms with Crippen LogP contribution in [0.5, 0.6) is 0 Å². The third-order valence-electron chi connectivity index (χ3n) is 2.19. The van der Waals surface area contributed by atoms with Crippen LogP contribution in [0.25, 0.3) is 0 Å². The average molecular weight is 197 g/mol. The highest BCUT2D eigenvalue weighted by molar-refractivity contribution is 5.70. The Morgan fingerprint density at radius 3 is 2.79 bits per heavy atom. The van der Waals surface area contributed by atoms with E-state index in [1.54, 1.807) is 11.7 Å². The first-order chi connectivity index (χ1) is 6.54. The maximum absolute atomic E-state index is 10.7. The molecule has 1 atom stereocenters. The molecule has 14 heavy (non-hydrogen) atoms. The minimum absolute atomic E-state index is 0.152. The molecule has 0 fully saturated rings. The molecule has 0 aliphatic heterocycles. The Morgan fingerprint density at radius 1 is 1.79 bits per heavy atom. The molecule has 1 aromatic rings. The Kier molecular flexibility index (Phi) is 3.24. The summed E-state index contributed by atoms with van der Waals surface area (Å²) in [5, 5.41) is 13.0. The van der Waals surface area contributed by atoms with Gasteiger partial charge in [0.05, 0.1) is 11.6 Å². The maximum atomic E-state index is 10.7. The van der Waals surface area contributed by atoms with Gasteiger partial charge in [-0.3, -0.25) is 9.48 Å². The van der Waals surface area contributed by atoms with E-state index < -0.39 is 11.9 Å². The van der Waals surface area contributed by atoms with E-state index in [0.29, 0.717) is 6.42 Å². The summed E-state index contributed by atoms with van der Waals surface area (Å²) in [4.78, 5) is 10.7. The van der Waals surface area contributed by atoms with Crippen molar-refractivity contribution in [3.63, 3.8) is 0 Å². The van der Waals surface area contributed by atoms with Crippen LogP contribution in [-0.4, -0.2) is 27.4 Å². The lowest BCUT2D eigenvalue weighted by Crippen LogP contribution is -2.26. The number of nitrogens with two attached hydrogens (primary N) is 1. The molecule has 0 saturated carbocycles. The topological polar surface area (TPSA) is 81.1 Å². The number of carboxylic acid groups (broad SMARTS) is 1. The number of aromatic nitrogens is 2. The molecular formula is C9H15N3O2. The van der Waals surface area contributed by atoms with E-state index in [4.69, 9.17) is 10.8 Å². The lowest BCUT2D eigenvalue weighted by atomic mass is 10.0. The van der Waals surface area contributed by atoms with E-state index in [-0.39, 0.29) is 6.54 Å². The van der Waals surface area contributed by atoms with Crippen molar-refractivity contribution in [1.29, 1.82) is 0 Å². The highest BCUT2D eigenvalue weighted by Gasteiger charge is 2.17. The van der Waals surface area contributed by atoms with Crippen LogP contribution in [0.1, 0.15) is 11.4 Å². The van der Waals surface area contributed by atoms with Crippen LogP contribution in [0.4, 0.5) is 0 Å². The molecule has 0 aliphatic rings. The van der Waals surface area contributed by atoms with Crippen molar-refractivity contribution >= 4 is 5.97 Å². The van der Waals surface area contributed by atoms with Crippen molar-refractivity contribution in [3.8, 4) is 0 Å². The standard InChI is InChI=1S/C9H15N3O2/c1-6-3-8(12(2)11-6)4-7(5-10)9(13)14/h3,7H,4-5,10H2,1-2H3,(H,13,14). The van der Waals surface area contributed by atoms with Gasteiger partial charge in [-0.05, 0) is 13.0 Å². The fourth-order valence-electron chi connectivity index (χ4n) is 1.38. The number of aliphatic carboxylic acids is 1. The van der Waals surface area contributed by atoms with E-state index in [1.165, 1.54) is 0 Å². The first-order valence-electron chi connectivity index (χ1n) is 4.47. The zero-order chi connectivity index (χ0) is 10.7. The number of hydrogen-bond acceptors (Lipinski definition) is 3. The van der Waals surface area contributed by atoms with Crippen molar-refractivity contribution in [2.45, 2.75) is 13.3 Å². The van der Waals surface area contributed by atoms with E-state index in [2.05, 4.69) is 5.10 Å². The van der Waals surface area contributed by atoms with Crippen molar-refractivity contribution in [2.24, 2.45) is 18.7 Å². The number of rotatable bonds is 4. The van der Waals surface area contributed by atoms with Gasteiger partial charge in [0.2, 0.25) is 0 Å². The predicted molar refractivity (Wildman–Crippen MR) is 51.8 cm³/mol. The second kappa shape index (κ2) is 4.23. The maximum Gasteiger partial charge on any atom is 0.308 e. The molecule has 5 nitrogen and oxygen atoms in total. The van der Waals surface area contributed by atoms with Gasteiger partial charge < -0.3 is 10.8 Å². The van der Waals surface area contributed by atoms with Crippen LogP contribution in [0, 0.1) is 12.8 Å². The van der Waals surface area contributed by atoms with Gasteiger partial charge in [0.25, 0.3) is 0 Å². The van der Waals surface area contributed by atoms with Crippen molar-refractivity contribution in [2.75, 3.05) is 6.54 Å². The average Bonchev–Trinajstić information content (AvgIpc) is 2.40. The summed E-state index contributed by atoms with van der Waals surface area (Å²) >= 11 is 0. The first-order valence-corrected chi connectivity index (χ1v) is 4.47. The molecule has 5 heteroatoms. The SMILES string of the molecule is Cc1cc(CC(CN)C(=O)O)n(C)n1. The number of aryl methyl sites for hydroxylation is 2. The van der Waals surface area contributed by atoms with Crippen molar-refractivity contribution < 1.29 is 9.90 Å². The van der Waals surface area contributed by atoms with E-state index >= 15 is 0 Å². The molecule has 3 N–H and O–H groups in total. The third kappa shape index (κ3) is 2.32. The second-order valence-electron chi connectivity index (χ2n) is 3.38. The van der Waals surface area contributed by atoms with Crippen molar-refractivity contribution in [3.05, 3.63) is 17.5 Å². The summed E-state index contributed by atoms with van der Waals surface area (Å²) in [7, 11) is 1.80. The number of carbonyl (C=O) groups is 1. The van der Waals surface area contributed by atoms with E-state index in [0.717, 1.165) is 11.4 Å². The summed E-state index contributed by atoms with van der Waals surface area (Å²) in [6.07, 6.45) is 0.434. The van der Waals surface area contributed by atoms with Crippen LogP contribution in [0.2, 0.25) is 0 Å². The van der Waals surface area contributed by atoms with E-state index in [9.17, 15) is 4.79 Å². The Balaban J connectivity index is 2.76. The van der Waals surface area contributed by atoms with Crippen LogP contribution in [-0.2, 0) is 18.3 Å². The molecule has 0 radical (unpaired) electrons. The van der Waals surface area contributed by atoms with Gasteiger partial charge in [0, 0.05) is 25.7 Å². The molecular weight excluding hydrogens is 182 g/mol. The van der Waals surface area contributed by atoms with Crippen molar-refractivity contribution in [1.82, 2.24) is 9.78 Å². The molecule has 0 aromatic carbocycles. The van der Waals surface area contributed by atoms with Crippen LogP contribution >= 0.6 is 0 Å². The number of hydrogen-bond donors (Lipinski definition) is 2. The van der Waals surface area contributed by atoms with E-state index in [1.807, 2.05) is 13.0 Å². The van der Waals surface area contributed by atoms with Gasteiger partial charge in [-0.25, -0.2) is 0 Å². The molecule has 1 unspecified atom stereocenters. The van der Waals surface area contributed by atoms with Gasteiger partial charge in [0.15, 0.2) is 0 Å². The molecule has 1 aromatic heterocycles. The Hall–Kier alpha value is -1.36. The number of nitrogens with zero attached hydrogens (tertiary/aromatic N) is 2. The zero-order valence-electron chi connectivity index (χ0n) is 8.40. The Bertz CT molecular complexity index is 333. The van der Waals surface area contributed by atoms with Gasteiger partial charge in [-0.1, -0.05) is 0 Å². The highest BCUT2D eigenvalue weighted by Crippen LogP contribution is 2.09. The second-order valence-corrected chi connectivity index (χ2v) is 3.38. The Morgan fingerprint density at radius 2 is 2.43 bits per heavy atom. The van der Waals surface area contributed by atoms with Crippen LogP contribution in [0.3, 0.4) is 0 Å². The first kappa shape index (κ1) is 10.7. The molecule has 0 aliphatic carbocycles. The molecule has 0 amide bonds. The summed E-state index contributed by atoms with van der Waals surface area (Å²) < 4.78 is 1.70. The van der Waals surface area contributed by atoms with Crippen LogP contribution in [0.15, 0.2) is 6.07 Å². The summed E-state index contributed by atoms with van der Waals surface area (Å²) in [6, 6.07) is 1.88. The number of carboxylic acids is 1. The quantitative estimate of drug-likeness (QED) is 0.708.